The number of thiocarbonyl (C=S) groups is 1. The lowest BCUT2D eigenvalue weighted by molar-refractivity contribution is 0.472. The molecule has 2 atom stereocenters. The average Bonchev–Trinajstić information content (AvgIpc) is 3.36. The maximum absolute atomic E-state index is 10.8. The van der Waals surface area contributed by atoms with Crippen LogP contribution in [0.15, 0.2) is 72.9 Å². The lowest BCUT2D eigenvalue weighted by atomic mass is 9.96. The smallest absolute Gasteiger partial charge is 0.174 e. The number of halogens is 1. The number of aryl methyl sites for hydroxylation is 2. The van der Waals surface area contributed by atoms with Gasteiger partial charge in [-0.2, -0.15) is 0 Å². The van der Waals surface area contributed by atoms with Crippen LogP contribution in [0.25, 0.3) is 5.69 Å². The fraction of sp³-hybridized carbons (Fsp3) is 0.214. The highest BCUT2D eigenvalue weighted by molar-refractivity contribution is 7.80. The van der Waals surface area contributed by atoms with E-state index in [9.17, 15) is 5.11 Å². The van der Waals surface area contributed by atoms with Gasteiger partial charge in [-0.15, -0.1) is 0 Å². The molecule has 7 heteroatoms. The van der Waals surface area contributed by atoms with Crippen molar-refractivity contribution in [3.05, 3.63) is 106 Å². The number of phenols is 1. The largest absolute Gasteiger partial charge is 0.506 e. The molecule has 0 radical (unpaired) electrons. The molecule has 1 fully saturated rings. The standard InChI is InChI=1S/C28H27ClN4OS/c1-4-19-9-5-6-11-23(19)32-17(2)15-21(18(32)3)27-26(22-10-7-8-14-30-22)31-28(35)33(27)24-16-20(29)12-13-25(24)34/h5-16,26-27,34H,4H2,1-3H3,(H,31,35). The van der Waals surface area contributed by atoms with Gasteiger partial charge in [-0.1, -0.05) is 42.8 Å². The number of nitrogens with one attached hydrogen (secondary N) is 1. The number of nitrogens with zero attached hydrogens (tertiary/aromatic N) is 3. The zero-order valence-electron chi connectivity index (χ0n) is 19.9. The van der Waals surface area contributed by atoms with Gasteiger partial charge in [0, 0.05) is 28.3 Å². The van der Waals surface area contributed by atoms with E-state index in [0.717, 1.165) is 29.1 Å². The number of rotatable bonds is 5. The first-order chi connectivity index (χ1) is 16.9. The summed E-state index contributed by atoms with van der Waals surface area (Å²) in [6.07, 6.45) is 2.73. The molecule has 5 rings (SSSR count). The average molecular weight is 503 g/mol. The van der Waals surface area contributed by atoms with Crippen LogP contribution in [0, 0.1) is 13.8 Å². The van der Waals surface area contributed by atoms with Crippen molar-refractivity contribution in [2.45, 2.75) is 39.3 Å². The van der Waals surface area contributed by atoms with Crippen LogP contribution >= 0.6 is 23.8 Å². The van der Waals surface area contributed by atoms with E-state index in [4.69, 9.17) is 23.8 Å². The van der Waals surface area contributed by atoms with Crippen molar-refractivity contribution in [3.63, 3.8) is 0 Å². The molecule has 4 aromatic rings. The van der Waals surface area contributed by atoms with Gasteiger partial charge in [0.15, 0.2) is 5.11 Å². The van der Waals surface area contributed by atoms with E-state index in [-0.39, 0.29) is 17.8 Å². The topological polar surface area (TPSA) is 53.3 Å². The molecule has 2 N–H and O–H groups in total. The Kier molecular flexibility index (Phi) is 6.26. The lowest BCUT2D eigenvalue weighted by Gasteiger charge is -2.29. The highest BCUT2D eigenvalue weighted by Gasteiger charge is 2.43. The van der Waals surface area contributed by atoms with Crippen LogP contribution in [0.4, 0.5) is 5.69 Å². The van der Waals surface area contributed by atoms with Gasteiger partial charge >= 0.3 is 0 Å². The Morgan fingerprint density at radius 3 is 2.54 bits per heavy atom. The molecule has 2 unspecified atom stereocenters. The molecule has 35 heavy (non-hydrogen) atoms. The zero-order valence-corrected chi connectivity index (χ0v) is 21.4. The minimum atomic E-state index is -0.240. The molecule has 0 amide bonds. The Labute approximate surface area is 216 Å². The number of pyridine rings is 1. The third kappa shape index (κ3) is 4.07. The second kappa shape index (κ2) is 9.36. The van der Waals surface area contributed by atoms with Gasteiger partial charge in [0.2, 0.25) is 0 Å². The zero-order chi connectivity index (χ0) is 24.7. The van der Waals surface area contributed by atoms with E-state index in [1.807, 2.05) is 23.1 Å². The fourth-order valence-corrected chi connectivity index (χ4v) is 5.61. The van der Waals surface area contributed by atoms with Gasteiger partial charge in [0.05, 0.1) is 23.5 Å². The third-order valence-electron chi connectivity index (χ3n) is 6.70. The van der Waals surface area contributed by atoms with Crippen molar-refractivity contribution in [3.8, 4) is 11.4 Å². The van der Waals surface area contributed by atoms with Gasteiger partial charge < -0.3 is 19.9 Å². The van der Waals surface area contributed by atoms with E-state index in [0.29, 0.717) is 15.8 Å². The van der Waals surface area contributed by atoms with Gasteiger partial charge in [-0.25, -0.2) is 0 Å². The van der Waals surface area contributed by atoms with E-state index < -0.39 is 0 Å². The van der Waals surface area contributed by atoms with Crippen LogP contribution in [-0.4, -0.2) is 19.8 Å². The number of hydrogen-bond acceptors (Lipinski definition) is 3. The molecule has 2 aromatic carbocycles. The summed E-state index contributed by atoms with van der Waals surface area (Å²) in [6, 6.07) is 21.2. The van der Waals surface area contributed by atoms with E-state index in [1.54, 1.807) is 24.4 Å². The Morgan fingerprint density at radius 1 is 1.03 bits per heavy atom. The molecule has 0 saturated carbocycles. The van der Waals surface area contributed by atoms with E-state index in [1.165, 1.54) is 11.3 Å². The Bertz CT molecular complexity index is 1400. The predicted octanol–water partition coefficient (Wildman–Crippen LogP) is 6.59. The molecule has 2 aromatic heterocycles. The van der Waals surface area contributed by atoms with Crippen LogP contribution in [0.3, 0.4) is 0 Å². The van der Waals surface area contributed by atoms with Crippen molar-refractivity contribution in [1.82, 2.24) is 14.9 Å². The Balaban J connectivity index is 1.72. The SMILES string of the molecule is CCc1ccccc1-n1c(C)cc(C2C(c3ccccn3)NC(=S)N2c2cc(Cl)ccc2O)c1C. The minimum absolute atomic E-state index is 0.121. The number of hydrogen-bond donors (Lipinski definition) is 2. The quantitative estimate of drug-likeness (QED) is 0.301. The molecule has 0 aliphatic carbocycles. The summed E-state index contributed by atoms with van der Waals surface area (Å²) >= 11 is 12.2. The molecule has 0 bridgehead atoms. The first kappa shape index (κ1) is 23.4. The minimum Gasteiger partial charge on any atom is -0.506 e. The van der Waals surface area contributed by atoms with Gasteiger partial charge in [-0.05, 0) is 86.1 Å². The second-order valence-corrected chi connectivity index (χ2v) is 9.60. The van der Waals surface area contributed by atoms with Crippen molar-refractivity contribution >= 4 is 34.6 Å². The number of phenolic OH excluding ortho intramolecular Hbond substituents is 1. The summed E-state index contributed by atoms with van der Waals surface area (Å²) < 4.78 is 2.31. The number of anilines is 1. The molecule has 0 spiro atoms. The van der Waals surface area contributed by atoms with Crippen molar-refractivity contribution in [2.24, 2.45) is 0 Å². The predicted molar refractivity (Wildman–Crippen MR) is 146 cm³/mol. The molecule has 178 valence electrons. The normalized spacial score (nSPS) is 17.6. The van der Waals surface area contributed by atoms with Crippen LogP contribution in [0.5, 0.6) is 5.75 Å². The molecule has 1 saturated heterocycles. The Morgan fingerprint density at radius 2 is 1.80 bits per heavy atom. The third-order valence-corrected chi connectivity index (χ3v) is 7.25. The monoisotopic (exact) mass is 502 g/mol. The van der Waals surface area contributed by atoms with Crippen LogP contribution in [0.1, 0.15) is 47.2 Å². The highest BCUT2D eigenvalue weighted by atomic mass is 35.5. The molecule has 3 heterocycles. The maximum atomic E-state index is 10.8. The molecule has 5 nitrogen and oxygen atoms in total. The van der Waals surface area contributed by atoms with Gasteiger partial charge in [-0.3, -0.25) is 4.98 Å². The van der Waals surface area contributed by atoms with E-state index in [2.05, 4.69) is 66.0 Å². The summed E-state index contributed by atoms with van der Waals surface area (Å²) in [4.78, 5) is 6.61. The lowest BCUT2D eigenvalue weighted by Crippen LogP contribution is -2.29. The van der Waals surface area contributed by atoms with Crippen LogP contribution < -0.4 is 10.2 Å². The molecule has 1 aliphatic heterocycles. The number of para-hydroxylation sites is 1. The van der Waals surface area contributed by atoms with Crippen molar-refractivity contribution in [1.29, 1.82) is 0 Å². The van der Waals surface area contributed by atoms with Crippen molar-refractivity contribution in [2.75, 3.05) is 4.90 Å². The second-order valence-electron chi connectivity index (χ2n) is 8.77. The first-order valence-corrected chi connectivity index (χ1v) is 12.5. The number of aromatic hydroxyl groups is 1. The fourth-order valence-electron chi connectivity index (χ4n) is 5.11. The van der Waals surface area contributed by atoms with Gasteiger partial charge in [0.1, 0.15) is 5.75 Å². The number of aromatic nitrogens is 2. The summed E-state index contributed by atoms with van der Waals surface area (Å²) in [5.74, 6) is 0.121. The highest BCUT2D eigenvalue weighted by Crippen LogP contribution is 2.46. The van der Waals surface area contributed by atoms with Crippen molar-refractivity contribution < 1.29 is 5.11 Å². The van der Waals surface area contributed by atoms with Crippen LogP contribution in [0.2, 0.25) is 5.02 Å². The summed E-state index contributed by atoms with van der Waals surface area (Å²) in [5.41, 5.74) is 7.26. The van der Waals surface area contributed by atoms with Crippen LogP contribution in [-0.2, 0) is 6.42 Å². The number of benzene rings is 2. The summed E-state index contributed by atoms with van der Waals surface area (Å²) in [7, 11) is 0. The Hall–Kier alpha value is -3.35. The van der Waals surface area contributed by atoms with E-state index >= 15 is 0 Å². The first-order valence-electron chi connectivity index (χ1n) is 11.7. The maximum Gasteiger partial charge on any atom is 0.174 e. The molecular formula is C28H27ClN4OS. The molecular weight excluding hydrogens is 476 g/mol. The summed E-state index contributed by atoms with van der Waals surface area (Å²) in [5, 5.41) is 15.3. The molecule has 1 aliphatic rings. The van der Waals surface area contributed by atoms with Gasteiger partial charge in [0.25, 0.3) is 0 Å². The summed E-state index contributed by atoms with van der Waals surface area (Å²) in [6.45, 7) is 6.44.